The second-order valence-electron chi connectivity index (χ2n) is 7.58. The third-order valence-electron chi connectivity index (χ3n) is 5.11. The topological polar surface area (TPSA) is 49.9 Å². The molecule has 0 fully saturated rings. The molecule has 0 aliphatic carbocycles. The van der Waals surface area contributed by atoms with Crippen LogP contribution in [0.3, 0.4) is 0 Å². The number of nitrogens with one attached hydrogen (secondary N) is 2. The largest absolute Gasteiger partial charge is 0.457 e. The number of rotatable bonds is 8. The van der Waals surface area contributed by atoms with Gasteiger partial charge in [0.05, 0.1) is 11.0 Å². The summed E-state index contributed by atoms with van der Waals surface area (Å²) < 4.78 is 9.23. The summed E-state index contributed by atoms with van der Waals surface area (Å²) in [7, 11) is 0. The molecule has 5 heteroatoms. The van der Waals surface area contributed by atoms with E-state index in [0.29, 0.717) is 0 Å². The van der Waals surface area contributed by atoms with Crippen LogP contribution in [0.5, 0.6) is 11.5 Å². The standard InChI is InChI=1S/C28H23N3OS/c1-3-7-21(8-4-1)17-18-33-31-23-13-16-26-27(20-23)30-28(29-26)19-22-11-14-25(15-12-22)32-24-9-5-2-6-10-24/h1-18,20,31H,19H2,(H,29,30)/b18-17+. The lowest BCUT2D eigenvalue weighted by Gasteiger charge is -2.06. The summed E-state index contributed by atoms with van der Waals surface area (Å²) in [6, 6.07) is 34.4. The normalized spacial score (nSPS) is 11.2. The van der Waals surface area contributed by atoms with Crippen molar-refractivity contribution in [2.75, 3.05) is 4.72 Å². The van der Waals surface area contributed by atoms with Crippen molar-refractivity contribution in [1.29, 1.82) is 0 Å². The van der Waals surface area contributed by atoms with Crippen LogP contribution in [0.4, 0.5) is 5.69 Å². The van der Waals surface area contributed by atoms with Crippen LogP contribution < -0.4 is 9.46 Å². The van der Waals surface area contributed by atoms with Crippen LogP contribution in [-0.2, 0) is 6.42 Å². The first-order valence-electron chi connectivity index (χ1n) is 10.8. The highest BCUT2D eigenvalue weighted by Crippen LogP contribution is 2.24. The van der Waals surface area contributed by atoms with Gasteiger partial charge in [0.25, 0.3) is 0 Å². The van der Waals surface area contributed by atoms with Crippen molar-refractivity contribution in [3.05, 3.63) is 125 Å². The summed E-state index contributed by atoms with van der Waals surface area (Å²) >= 11 is 1.54. The van der Waals surface area contributed by atoms with Gasteiger partial charge in [-0.15, -0.1) is 0 Å². The van der Waals surface area contributed by atoms with E-state index < -0.39 is 0 Å². The lowest BCUT2D eigenvalue weighted by atomic mass is 10.1. The Hall–Kier alpha value is -3.96. The Morgan fingerprint density at radius 2 is 1.55 bits per heavy atom. The zero-order chi connectivity index (χ0) is 22.3. The molecule has 0 saturated carbocycles. The van der Waals surface area contributed by atoms with Gasteiger partial charge in [-0.1, -0.05) is 60.7 Å². The highest BCUT2D eigenvalue weighted by atomic mass is 32.2. The predicted octanol–water partition coefficient (Wildman–Crippen LogP) is 7.68. The van der Waals surface area contributed by atoms with Gasteiger partial charge in [0.1, 0.15) is 17.3 Å². The van der Waals surface area contributed by atoms with Gasteiger partial charge in [-0.25, -0.2) is 4.98 Å². The molecule has 4 nitrogen and oxygen atoms in total. The fourth-order valence-electron chi connectivity index (χ4n) is 3.48. The molecule has 4 aromatic carbocycles. The number of benzene rings is 4. The molecule has 5 aromatic rings. The minimum atomic E-state index is 0.734. The first kappa shape index (κ1) is 20.9. The Labute approximate surface area is 197 Å². The molecule has 0 spiro atoms. The van der Waals surface area contributed by atoms with Crippen molar-refractivity contribution < 1.29 is 4.74 Å². The van der Waals surface area contributed by atoms with Crippen LogP contribution in [0, 0.1) is 0 Å². The van der Waals surface area contributed by atoms with Gasteiger partial charge in [0.2, 0.25) is 0 Å². The number of para-hydroxylation sites is 1. The molecule has 0 unspecified atom stereocenters. The third kappa shape index (κ3) is 5.64. The zero-order valence-corrected chi connectivity index (χ0v) is 18.8. The SMILES string of the molecule is C(=C\c1ccccc1)/SNc1ccc2nc(Cc3ccc(Oc4ccccc4)cc3)[nH]c2c1. The number of nitrogens with zero attached hydrogens (tertiary/aromatic N) is 1. The number of anilines is 1. The Morgan fingerprint density at radius 3 is 2.33 bits per heavy atom. The second kappa shape index (κ2) is 10.1. The van der Waals surface area contributed by atoms with Gasteiger partial charge < -0.3 is 14.4 Å². The molecule has 0 amide bonds. The fraction of sp³-hybridized carbons (Fsp3) is 0.0357. The fourth-order valence-corrected chi connectivity index (χ4v) is 4.04. The average Bonchev–Trinajstić information content (AvgIpc) is 3.26. The van der Waals surface area contributed by atoms with Gasteiger partial charge in [-0.2, -0.15) is 0 Å². The van der Waals surface area contributed by atoms with Crippen molar-refractivity contribution in [2.45, 2.75) is 6.42 Å². The maximum Gasteiger partial charge on any atom is 0.127 e. The Morgan fingerprint density at radius 1 is 0.818 bits per heavy atom. The second-order valence-corrected chi connectivity index (χ2v) is 8.30. The van der Waals surface area contributed by atoms with Gasteiger partial charge in [-0.3, -0.25) is 0 Å². The lowest BCUT2D eigenvalue weighted by molar-refractivity contribution is 0.482. The monoisotopic (exact) mass is 449 g/mol. The Kier molecular flexibility index (Phi) is 6.41. The minimum Gasteiger partial charge on any atom is -0.457 e. The molecule has 2 N–H and O–H groups in total. The summed E-state index contributed by atoms with van der Waals surface area (Å²) in [6.07, 6.45) is 2.82. The molecular weight excluding hydrogens is 426 g/mol. The van der Waals surface area contributed by atoms with E-state index in [2.05, 4.69) is 46.1 Å². The molecule has 1 aromatic heterocycles. The summed E-state index contributed by atoms with van der Waals surface area (Å²) in [5.74, 6) is 2.60. The number of aromatic nitrogens is 2. The quantitative estimate of drug-likeness (QED) is 0.239. The maximum atomic E-state index is 5.87. The van der Waals surface area contributed by atoms with Gasteiger partial charge in [0, 0.05) is 12.1 Å². The van der Waals surface area contributed by atoms with Crippen molar-refractivity contribution >= 4 is 34.7 Å². The number of H-pyrrole nitrogens is 1. The molecule has 5 rings (SSSR count). The number of ether oxygens (including phenoxy) is 1. The third-order valence-corrected chi connectivity index (χ3v) is 5.74. The molecule has 33 heavy (non-hydrogen) atoms. The first-order valence-corrected chi connectivity index (χ1v) is 11.6. The number of aromatic amines is 1. The van der Waals surface area contributed by atoms with Crippen LogP contribution in [0.15, 0.2) is 109 Å². The van der Waals surface area contributed by atoms with E-state index in [0.717, 1.165) is 40.5 Å². The van der Waals surface area contributed by atoms with Crippen molar-refractivity contribution in [3.8, 4) is 11.5 Å². The highest BCUT2D eigenvalue weighted by molar-refractivity contribution is 8.03. The predicted molar refractivity (Wildman–Crippen MR) is 139 cm³/mol. The lowest BCUT2D eigenvalue weighted by Crippen LogP contribution is -1.91. The van der Waals surface area contributed by atoms with Gasteiger partial charge in [-0.05, 0) is 77.0 Å². The van der Waals surface area contributed by atoms with E-state index in [1.54, 1.807) is 11.9 Å². The molecule has 0 aliphatic heterocycles. The van der Waals surface area contributed by atoms with Gasteiger partial charge in [0.15, 0.2) is 0 Å². The molecule has 0 aliphatic rings. The van der Waals surface area contributed by atoms with Crippen LogP contribution >= 0.6 is 11.9 Å². The molecule has 162 valence electrons. The smallest absolute Gasteiger partial charge is 0.127 e. The average molecular weight is 450 g/mol. The number of hydrogen-bond acceptors (Lipinski definition) is 4. The van der Waals surface area contributed by atoms with E-state index in [9.17, 15) is 0 Å². The summed E-state index contributed by atoms with van der Waals surface area (Å²) in [6.45, 7) is 0. The number of fused-ring (bicyclic) bond motifs is 1. The molecule has 0 saturated heterocycles. The maximum absolute atomic E-state index is 5.87. The van der Waals surface area contributed by atoms with Gasteiger partial charge >= 0.3 is 0 Å². The summed E-state index contributed by atoms with van der Waals surface area (Å²) in [5, 5.41) is 2.04. The molecule has 0 radical (unpaired) electrons. The molecule has 1 heterocycles. The van der Waals surface area contributed by atoms with Crippen LogP contribution in [-0.4, -0.2) is 9.97 Å². The van der Waals surface area contributed by atoms with E-state index in [1.165, 1.54) is 11.1 Å². The van der Waals surface area contributed by atoms with E-state index in [4.69, 9.17) is 9.72 Å². The zero-order valence-electron chi connectivity index (χ0n) is 17.9. The Balaban J connectivity index is 1.20. The molecular formula is C28H23N3OS. The van der Waals surface area contributed by atoms with E-state index in [1.807, 2.05) is 78.2 Å². The van der Waals surface area contributed by atoms with Crippen LogP contribution in [0.1, 0.15) is 17.0 Å². The molecule has 0 bridgehead atoms. The van der Waals surface area contributed by atoms with Crippen molar-refractivity contribution in [3.63, 3.8) is 0 Å². The van der Waals surface area contributed by atoms with E-state index >= 15 is 0 Å². The Bertz CT molecular complexity index is 1350. The van der Waals surface area contributed by atoms with Crippen molar-refractivity contribution in [2.24, 2.45) is 0 Å². The highest BCUT2D eigenvalue weighted by Gasteiger charge is 2.06. The van der Waals surface area contributed by atoms with Crippen LogP contribution in [0.2, 0.25) is 0 Å². The van der Waals surface area contributed by atoms with Crippen LogP contribution in [0.25, 0.3) is 17.1 Å². The number of imidazole rings is 1. The number of hydrogen-bond donors (Lipinski definition) is 2. The first-order chi connectivity index (χ1) is 16.3. The van der Waals surface area contributed by atoms with Crippen molar-refractivity contribution in [1.82, 2.24) is 9.97 Å². The van der Waals surface area contributed by atoms with E-state index in [-0.39, 0.29) is 0 Å². The summed E-state index contributed by atoms with van der Waals surface area (Å²) in [5.41, 5.74) is 5.37. The minimum absolute atomic E-state index is 0.734. The molecule has 0 atom stereocenters. The summed E-state index contributed by atoms with van der Waals surface area (Å²) in [4.78, 5) is 8.19.